The van der Waals surface area contributed by atoms with Crippen LogP contribution in [0.2, 0.25) is 0 Å². The lowest BCUT2D eigenvalue weighted by Gasteiger charge is -2.47. The lowest BCUT2D eigenvalue weighted by molar-refractivity contribution is 0.161. The van der Waals surface area contributed by atoms with Crippen LogP contribution < -0.4 is 5.32 Å². The number of rotatable bonds is 2. The molecule has 0 aromatic rings. The van der Waals surface area contributed by atoms with Crippen LogP contribution in [0.3, 0.4) is 0 Å². The molecule has 2 nitrogen and oxygen atoms in total. The Morgan fingerprint density at radius 2 is 1.83 bits per heavy atom. The number of hydrogen-bond donors (Lipinski definition) is 1. The lowest BCUT2D eigenvalue weighted by atomic mass is 9.71. The van der Waals surface area contributed by atoms with E-state index < -0.39 is 0 Å². The first-order valence-electron chi connectivity index (χ1n) is 7.36. The van der Waals surface area contributed by atoms with Crippen molar-refractivity contribution in [1.29, 1.82) is 5.26 Å². The van der Waals surface area contributed by atoms with Gasteiger partial charge in [0.05, 0.1) is 6.07 Å². The summed E-state index contributed by atoms with van der Waals surface area (Å²) < 4.78 is 0. The molecule has 3 heteroatoms. The summed E-state index contributed by atoms with van der Waals surface area (Å²) in [6.45, 7) is 4.53. The summed E-state index contributed by atoms with van der Waals surface area (Å²) in [5.41, 5.74) is -0.218. The van der Waals surface area contributed by atoms with E-state index in [1.807, 2.05) is 11.8 Å². The highest BCUT2D eigenvalue weighted by Gasteiger charge is 2.48. The molecule has 0 radical (unpaired) electrons. The number of nitriles is 1. The second kappa shape index (κ2) is 5.84. The van der Waals surface area contributed by atoms with Gasteiger partial charge in [0.25, 0.3) is 0 Å². The molecule has 1 heterocycles. The Labute approximate surface area is 116 Å². The van der Waals surface area contributed by atoms with Crippen LogP contribution in [0.15, 0.2) is 0 Å². The quantitative estimate of drug-likeness (QED) is 0.774. The third-order valence-corrected chi connectivity index (χ3v) is 5.97. The van der Waals surface area contributed by atoms with Gasteiger partial charge in [-0.3, -0.25) is 5.32 Å². The van der Waals surface area contributed by atoms with E-state index in [1.165, 1.54) is 44.3 Å². The molecule has 2 fully saturated rings. The molecule has 1 saturated heterocycles. The third kappa shape index (κ3) is 2.86. The Morgan fingerprint density at radius 3 is 2.39 bits per heavy atom. The van der Waals surface area contributed by atoms with Crippen molar-refractivity contribution in [2.24, 2.45) is 5.41 Å². The van der Waals surface area contributed by atoms with Crippen LogP contribution in [-0.4, -0.2) is 23.1 Å². The van der Waals surface area contributed by atoms with Crippen molar-refractivity contribution in [3.05, 3.63) is 0 Å². The van der Waals surface area contributed by atoms with E-state index in [2.05, 4.69) is 25.2 Å². The average molecular weight is 266 g/mol. The minimum Gasteiger partial charge on any atom is -0.295 e. The smallest absolute Gasteiger partial charge is 0.121 e. The van der Waals surface area contributed by atoms with Crippen molar-refractivity contribution in [1.82, 2.24) is 5.32 Å². The van der Waals surface area contributed by atoms with E-state index >= 15 is 0 Å². The van der Waals surface area contributed by atoms with E-state index in [0.717, 1.165) is 12.2 Å². The molecule has 0 amide bonds. The average Bonchev–Trinajstić information content (AvgIpc) is 2.60. The van der Waals surface area contributed by atoms with E-state index in [9.17, 15) is 5.26 Å². The molecule has 2 rings (SSSR count). The van der Waals surface area contributed by atoms with Gasteiger partial charge in [-0.05, 0) is 30.4 Å². The van der Waals surface area contributed by atoms with Gasteiger partial charge in [0.1, 0.15) is 5.54 Å². The van der Waals surface area contributed by atoms with E-state index in [4.69, 9.17) is 0 Å². The minimum absolute atomic E-state index is 0.0965. The molecule has 1 N–H and O–H groups in total. The van der Waals surface area contributed by atoms with E-state index in [-0.39, 0.29) is 11.0 Å². The molecule has 1 atom stereocenters. The molecule has 1 saturated carbocycles. The summed E-state index contributed by atoms with van der Waals surface area (Å²) in [6, 6.07) is 3.20. The molecule has 102 valence electrons. The van der Waals surface area contributed by atoms with Gasteiger partial charge < -0.3 is 0 Å². The van der Waals surface area contributed by atoms with Gasteiger partial charge in [0.2, 0.25) is 0 Å². The summed E-state index contributed by atoms with van der Waals surface area (Å²) in [4.78, 5) is 0. The van der Waals surface area contributed by atoms with Crippen LogP contribution in [0.5, 0.6) is 0 Å². The zero-order chi connectivity index (χ0) is 13.1. The molecule has 2 aliphatic rings. The number of thioether (sulfide) groups is 1. The number of hydrogen-bond acceptors (Lipinski definition) is 3. The highest BCUT2D eigenvalue weighted by atomic mass is 32.2. The fourth-order valence-corrected chi connectivity index (χ4v) is 4.83. The molecule has 0 aromatic heterocycles. The van der Waals surface area contributed by atoms with Gasteiger partial charge >= 0.3 is 0 Å². The van der Waals surface area contributed by atoms with Crippen molar-refractivity contribution in [3.8, 4) is 6.07 Å². The second-order valence-electron chi connectivity index (χ2n) is 6.54. The topological polar surface area (TPSA) is 35.8 Å². The highest BCUT2D eigenvalue weighted by Crippen LogP contribution is 2.42. The minimum atomic E-state index is -0.315. The number of nitrogens with zero attached hydrogens (tertiary/aromatic N) is 1. The molecule has 0 spiro atoms. The Kier molecular flexibility index (Phi) is 4.61. The number of nitrogens with one attached hydrogen (secondary N) is 1. The predicted octanol–water partition coefficient (Wildman–Crippen LogP) is 3.72. The Morgan fingerprint density at radius 1 is 1.17 bits per heavy atom. The summed E-state index contributed by atoms with van der Waals surface area (Å²) in [7, 11) is 0. The van der Waals surface area contributed by atoms with Crippen molar-refractivity contribution in [2.45, 2.75) is 70.4 Å². The van der Waals surface area contributed by atoms with Crippen LogP contribution in [0.25, 0.3) is 0 Å². The van der Waals surface area contributed by atoms with Crippen molar-refractivity contribution < 1.29 is 0 Å². The molecule has 1 unspecified atom stereocenters. The van der Waals surface area contributed by atoms with Crippen molar-refractivity contribution >= 4 is 11.8 Å². The van der Waals surface area contributed by atoms with Crippen molar-refractivity contribution in [2.75, 3.05) is 11.5 Å². The van der Waals surface area contributed by atoms with Crippen molar-refractivity contribution in [3.63, 3.8) is 0 Å². The first kappa shape index (κ1) is 14.2. The van der Waals surface area contributed by atoms with Crippen LogP contribution in [-0.2, 0) is 0 Å². The molecule has 0 aromatic carbocycles. The van der Waals surface area contributed by atoms with Crippen LogP contribution >= 0.6 is 11.8 Å². The zero-order valence-electron chi connectivity index (χ0n) is 11.8. The third-order valence-electron chi connectivity index (χ3n) is 4.84. The van der Waals surface area contributed by atoms with Gasteiger partial charge in [-0.2, -0.15) is 17.0 Å². The molecular weight excluding hydrogens is 240 g/mol. The Balaban J connectivity index is 2.09. The molecular formula is C15H26N2S. The molecule has 1 aliphatic carbocycles. The van der Waals surface area contributed by atoms with Gasteiger partial charge in [-0.25, -0.2) is 0 Å². The van der Waals surface area contributed by atoms with Gasteiger partial charge in [0.15, 0.2) is 0 Å². The maximum atomic E-state index is 9.75. The fraction of sp³-hybridized carbons (Fsp3) is 0.933. The molecule has 1 aliphatic heterocycles. The fourth-order valence-electron chi connectivity index (χ4n) is 3.19. The van der Waals surface area contributed by atoms with Crippen LogP contribution in [0.4, 0.5) is 0 Å². The van der Waals surface area contributed by atoms with Gasteiger partial charge in [0, 0.05) is 11.8 Å². The maximum Gasteiger partial charge on any atom is 0.121 e. The van der Waals surface area contributed by atoms with E-state index in [1.54, 1.807) is 0 Å². The Hall–Kier alpha value is -0.200. The molecule has 0 bridgehead atoms. The lowest BCUT2D eigenvalue weighted by Crippen LogP contribution is -2.61. The summed E-state index contributed by atoms with van der Waals surface area (Å²) in [5.74, 6) is 2.15. The second-order valence-corrected chi connectivity index (χ2v) is 7.64. The standard InChI is InChI=1S/C15H26N2S/c1-14(2)9-10-18-12-15(14,11-16)17-13-7-5-3-4-6-8-13/h13,17H,3-10,12H2,1-2H3. The zero-order valence-corrected chi connectivity index (χ0v) is 12.6. The normalized spacial score (nSPS) is 33.6. The largest absolute Gasteiger partial charge is 0.295 e. The first-order chi connectivity index (χ1) is 8.60. The summed E-state index contributed by atoms with van der Waals surface area (Å²) >= 11 is 1.94. The summed E-state index contributed by atoms with van der Waals surface area (Å²) in [6.07, 6.45) is 9.05. The maximum absolute atomic E-state index is 9.75. The first-order valence-corrected chi connectivity index (χ1v) is 8.52. The van der Waals surface area contributed by atoms with Crippen LogP contribution in [0.1, 0.15) is 58.8 Å². The predicted molar refractivity (Wildman–Crippen MR) is 78.7 cm³/mol. The van der Waals surface area contributed by atoms with Crippen LogP contribution in [0, 0.1) is 16.7 Å². The van der Waals surface area contributed by atoms with Gasteiger partial charge in [-0.15, -0.1) is 0 Å². The SMILES string of the molecule is CC1(C)CCSCC1(C#N)NC1CCCCCC1. The highest BCUT2D eigenvalue weighted by molar-refractivity contribution is 7.99. The summed E-state index contributed by atoms with van der Waals surface area (Å²) in [5, 5.41) is 13.5. The van der Waals surface area contributed by atoms with Gasteiger partial charge in [-0.1, -0.05) is 39.5 Å². The Bertz CT molecular complexity index is 313. The molecule has 18 heavy (non-hydrogen) atoms. The van der Waals surface area contributed by atoms with E-state index in [0.29, 0.717) is 6.04 Å². The monoisotopic (exact) mass is 266 g/mol.